The van der Waals surface area contributed by atoms with Gasteiger partial charge in [-0.1, -0.05) is 18.6 Å². The second kappa shape index (κ2) is 8.00. The van der Waals surface area contributed by atoms with Crippen LogP contribution in [0, 0.1) is 6.92 Å². The van der Waals surface area contributed by atoms with Crippen molar-refractivity contribution < 1.29 is 9.53 Å². The van der Waals surface area contributed by atoms with Gasteiger partial charge in [-0.15, -0.1) is 0 Å². The van der Waals surface area contributed by atoms with Crippen molar-refractivity contribution >= 4 is 16.9 Å². The Labute approximate surface area is 183 Å². The molecule has 2 aromatic carbocycles. The summed E-state index contributed by atoms with van der Waals surface area (Å²) in [6.45, 7) is 4.07. The summed E-state index contributed by atoms with van der Waals surface area (Å²) >= 11 is 0. The van der Waals surface area contributed by atoms with E-state index in [9.17, 15) is 4.79 Å². The molecular weight excluding hydrogens is 388 g/mol. The summed E-state index contributed by atoms with van der Waals surface area (Å²) in [5, 5.41) is 0. The summed E-state index contributed by atoms with van der Waals surface area (Å²) in [4.78, 5) is 22.5. The molecule has 1 aromatic heterocycles. The molecular formula is C25H30N4O2. The van der Waals surface area contributed by atoms with E-state index in [-0.39, 0.29) is 11.9 Å². The van der Waals surface area contributed by atoms with Crippen LogP contribution in [0.3, 0.4) is 0 Å². The van der Waals surface area contributed by atoms with Crippen LogP contribution in [0.25, 0.3) is 16.7 Å². The fourth-order valence-electron chi connectivity index (χ4n) is 4.99. The Hall–Kier alpha value is -2.86. The maximum Gasteiger partial charge on any atom is 0.257 e. The van der Waals surface area contributed by atoms with Crippen LogP contribution in [-0.2, 0) is 0 Å². The first-order chi connectivity index (χ1) is 15.1. The zero-order valence-electron chi connectivity index (χ0n) is 18.5. The third-order valence-electron chi connectivity index (χ3n) is 7.06. The third kappa shape index (κ3) is 3.49. The molecule has 0 unspecified atom stereocenters. The van der Waals surface area contributed by atoms with E-state index in [0.717, 1.165) is 48.1 Å². The average Bonchev–Trinajstić information content (AvgIpc) is 3.35. The summed E-state index contributed by atoms with van der Waals surface area (Å²) in [7, 11) is 3.56. The van der Waals surface area contributed by atoms with Crippen LogP contribution in [0.5, 0.6) is 5.75 Å². The van der Waals surface area contributed by atoms with Gasteiger partial charge in [-0.05, 0) is 50.5 Å². The van der Waals surface area contributed by atoms with Crippen molar-refractivity contribution in [3.8, 4) is 11.4 Å². The molecule has 6 heteroatoms. The van der Waals surface area contributed by atoms with Gasteiger partial charge in [0, 0.05) is 38.3 Å². The van der Waals surface area contributed by atoms with Crippen molar-refractivity contribution in [2.45, 2.75) is 44.7 Å². The van der Waals surface area contributed by atoms with Gasteiger partial charge in [0.05, 0.1) is 29.4 Å². The number of aromatic nitrogens is 2. The Morgan fingerprint density at radius 1 is 1.16 bits per heavy atom. The summed E-state index contributed by atoms with van der Waals surface area (Å²) in [6, 6.07) is 14.9. The van der Waals surface area contributed by atoms with Crippen molar-refractivity contribution in [2.24, 2.45) is 0 Å². The molecule has 1 saturated heterocycles. The van der Waals surface area contributed by atoms with Gasteiger partial charge in [-0.25, -0.2) is 4.98 Å². The molecule has 1 amide bonds. The summed E-state index contributed by atoms with van der Waals surface area (Å²) in [5.74, 6) is 1.53. The van der Waals surface area contributed by atoms with Crippen molar-refractivity contribution in [2.75, 3.05) is 27.2 Å². The molecule has 6 nitrogen and oxygen atoms in total. The lowest BCUT2D eigenvalue weighted by atomic mass is 9.92. The number of carbonyl (C=O) groups is 1. The molecule has 2 fully saturated rings. The number of carbonyl (C=O) groups excluding carboxylic acids is 1. The van der Waals surface area contributed by atoms with Gasteiger partial charge in [0.25, 0.3) is 5.91 Å². The molecule has 0 spiro atoms. The summed E-state index contributed by atoms with van der Waals surface area (Å²) < 4.78 is 7.76. The first kappa shape index (κ1) is 20.1. The van der Waals surface area contributed by atoms with Gasteiger partial charge in [0.2, 0.25) is 0 Å². The minimum atomic E-state index is 0.0241. The molecule has 0 radical (unpaired) electrons. The fourth-order valence-corrected chi connectivity index (χ4v) is 4.99. The Balaban J connectivity index is 1.41. The molecule has 1 aliphatic heterocycles. The second-order valence-electron chi connectivity index (χ2n) is 8.81. The lowest BCUT2D eigenvalue weighted by molar-refractivity contribution is 0.0717. The maximum absolute atomic E-state index is 13.4. The number of para-hydroxylation sites is 2. The number of nitrogens with zero attached hydrogens (tertiary/aromatic N) is 4. The minimum Gasteiger partial charge on any atom is -0.496 e. The number of likely N-dealkylation sites (tertiary alicyclic amines) is 1. The third-order valence-corrected chi connectivity index (χ3v) is 7.06. The number of ether oxygens (including phenoxy) is 1. The quantitative estimate of drug-likeness (QED) is 0.628. The monoisotopic (exact) mass is 418 g/mol. The Kier molecular flexibility index (Phi) is 5.18. The number of rotatable bonds is 5. The molecule has 1 aliphatic carbocycles. The lowest BCUT2D eigenvalue weighted by Gasteiger charge is -2.35. The van der Waals surface area contributed by atoms with Crippen LogP contribution >= 0.6 is 0 Å². The second-order valence-corrected chi connectivity index (χ2v) is 8.81. The Morgan fingerprint density at radius 2 is 1.97 bits per heavy atom. The SMILES string of the molecule is COc1cc(-n2c(C)nc3ccccc32)ccc1C(=O)N(C)[C@@H]1CCN(C2CCC2)C1. The van der Waals surface area contributed by atoms with Gasteiger partial charge < -0.3 is 9.64 Å². The molecule has 1 saturated carbocycles. The smallest absolute Gasteiger partial charge is 0.257 e. The van der Waals surface area contributed by atoms with Crippen LogP contribution in [0.2, 0.25) is 0 Å². The van der Waals surface area contributed by atoms with E-state index < -0.39 is 0 Å². The van der Waals surface area contributed by atoms with Gasteiger partial charge >= 0.3 is 0 Å². The normalized spacial score (nSPS) is 19.5. The van der Waals surface area contributed by atoms with Crippen molar-refractivity contribution in [1.29, 1.82) is 0 Å². The van der Waals surface area contributed by atoms with Crippen LogP contribution in [0.1, 0.15) is 41.9 Å². The van der Waals surface area contributed by atoms with Crippen LogP contribution in [-0.4, -0.2) is 64.6 Å². The summed E-state index contributed by atoms with van der Waals surface area (Å²) in [6.07, 6.45) is 5.00. The molecule has 5 rings (SSSR count). The van der Waals surface area contributed by atoms with Crippen LogP contribution in [0.4, 0.5) is 0 Å². The van der Waals surface area contributed by atoms with Gasteiger partial charge in [0.1, 0.15) is 11.6 Å². The van der Waals surface area contributed by atoms with E-state index in [0.29, 0.717) is 11.3 Å². The lowest BCUT2D eigenvalue weighted by Crippen LogP contribution is -2.43. The molecule has 2 heterocycles. The van der Waals surface area contributed by atoms with Crippen molar-refractivity contribution in [3.05, 3.63) is 53.9 Å². The molecule has 1 atom stereocenters. The Bertz CT molecular complexity index is 1120. The predicted octanol–water partition coefficient (Wildman–Crippen LogP) is 4.04. The highest BCUT2D eigenvalue weighted by molar-refractivity contribution is 5.97. The average molecular weight is 419 g/mol. The van der Waals surface area contributed by atoms with Crippen LogP contribution in [0.15, 0.2) is 42.5 Å². The van der Waals surface area contributed by atoms with E-state index >= 15 is 0 Å². The number of aryl methyl sites for hydroxylation is 1. The number of methoxy groups -OCH3 is 1. The van der Waals surface area contributed by atoms with Crippen molar-refractivity contribution in [3.63, 3.8) is 0 Å². The van der Waals surface area contributed by atoms with Gasteiger partial charge in [0.15, 0.2) is 0 Å². The first-order valence-corrected chi connectivity index (χ1v) is 11.2. The molecule has 3 aromatic rings. The molecule has 31 heavy (non-hydrogen) atoms. The number of hydrogen-bond acceptors (Lipinski definition) is 4. The topological polar surface area (TPSA) is 50.6 Å². The standard InChI is InChI=1S/C25H30N4O2/c1-17-26-22-9-4-5-10-23(22)29(17)19-11-12-21(24(15-19)31-3)25(30)27(2)20-13-14-28(16-20)18-7-6-8-18/h4-5,9-12,15,18,20H,6-8,13-14,16H2,1-3H3/t20-/m1/s1. The van der Waals surface area contributed by atoms with Crippen molar-refractivity contribution in [1.82, 2.24) is 19.4 Å². The zero-order valence-corrected chi connectivity index (χ0v) is 18.5. The number of likely N-dealkylation sites (N-methyl/N-ethyl adjacent to an activating group) is 1. The molecule has 162 valence electrons. The molecule has 0 bridgehead atoms. The predicted molar refractivity (Wildman–Crippen MR) is 122 cm³/mol. The maximum atomic E-state index is 13.4. The van der Waals surface area contributed by atoms with Gasteiger partial charge in [-0.2, -0.15) is 0 Å². The van der Waals surface area contributed by atoms with E-state index in [1.165, 1.54) is 19.3 Å². The zero-order chi connectivity index (χ0) is 21.5. The first-order valence-electron chi connectivity index (χ1n) is 11.2. The van der Waals surface area contributed by atoms with E-state index in [1.54, 1.807) is 7.11 Å². The number of hydrogen-bond donors (Lipinski definition) is 0. The van der Waals surface area contributed by atoms with E-state index in [4.69, 9.17) is 4.74 Å². The number of amides is 1. The highest BCUT2D eigenvalue weighted by atomic mass is 16.5. The molecule has 0 N–H and O–H groups in total. The van der Waals surface area contributed by atoms with E-state index in [2.05, 4.69) is 20.5 Å². The van der Waals surface area contributed by atoms with Gasteiger partial charge in [-0.3, -0.25) is 14.3 Å². The minimum absolute atomic E-state index is 0.0241. The summed E-state index contributed by atoms with van der Waals surface area (Å²) in [5.41, 5.74) is 3.55. The largest absolute Gasteiger partial charge is 0.496 e. The number of imidazole rings is 1. The highest BCUT2D eigenvalue weighted by Crippen LogP contribution is 2.31. The number of benzene rings is 2. The Morgan fingerprint density at radius 3 is 2.71 bits per heavy atom. The van der Waals surface area contributed by atoms with Crippen LogP contribution < -0.4 is 4.74 Å². The number of fused-ring (bicyclic) bond motifs is 1. The van der Waals surface area contributed by atoms with E-state index in [1.807, 2.05) is 55.3 Å². The molecule has 2 aliphatic rings. The fraction of sp³-hybridized carbons (Fsp3) is 0.440. The highest BCUT2D eigenvalue weighted by Gasteiger charge is 2.35.